The Morgan fingerprint density at radius 2 is 1.80 bits per heavy atom. The third-order valence-electron chi connectivity index (χ3n) is 6.04. The average molecular weight is 371 g/mol. The molecule has 0 bridgehead atoms. The zero-order chi connectivity index (χ0) is 18.1. The molecule has 3 saturated heterocycles. The highest BCUT2D eigenvalue weighted by Gasteiger charge is 2.46. The number of hydrogen-bond acceptors (Lipinski definition) is 4. The quantitative estimate of drug-likeness (QED) is 0.677. The Kier molecular flexibility index (Phi) is 5.53. The van der Waals surface area contributed by atoms with Crippen LogP contribution in [0.25, 0.3) is 0 Å². The molecule has 3 fully saturated rings. The van der Waals surface area contributed by atoms with E-state index in [1.807, 2.05) is 4.90 Å². The van der Waals surface area contributed by atoms with Crippen LogP contribution < -0.4 is 0 Å². The largest absolute Gasteiger partial charge is 0.339 e. The topological polar surface area (TPSA) is 64.2 Å². The minimum absolute atomic E-state index is 0.143. The number of likely N-dealkylation sites (tertiary alicyclic amines) is 1. The summed E-state index contributed by atoms with van der Waals surface area (Å²) in [6.07, 6.45) is 5.63. The van der Waals surface area contributed by atoms with E-state index in [4.69, 9.17) is 0 Å². The number of carbonyl (C=O) groups is 1. The zero-order valence-corrected chi connectivity index (χ0v) is 16.0. The summed E-state index contributed by atoms with van der Waals surface area (Å²) in [5.74, 6) is 0.143. The number of carbonyl (C=O) groups excluding carboxylic acids is 1. The van der Waals surface area contributed by atoms with Crippen LogP contribution in [0.1, 0.15) is 32.1 Å². The van der Waals surface area contributed by atoms with Crippen molar-refractivity contribution < 1.29 is 13.2 Å². The van der Waals surface area contributed by atoms with Gasteiger partial charge in [0.2, 0.25) is 5.91 Å². The van der Waals surface area contributed by atoms with E-state index in [1.54, 1.807) is 14.7 Å². The molecule has 3 aliphatic rings. The van der Waals surface area contributed by atoms with Gasteiger partial charge in [-0.15, -0.1) is 6.58 Å². The van der Waals surface area contributed by atoms with Gasteiger partial charge in [-0.25, -0.2) is 0 Å². The van der Waals surface area contributed by atoms with E-state index >= 15 is 0 Å². The molecule has 0 radical (unpaired) electrons. The van der Waals surface area contributed by atoms with Gasteiger partial charge in [-0.2, -0.15) is 17.0 Å². The van der Waals surface area contributed by atoms with E-state index in [1.165, 1.54) is 0 Å². The van der Waals surface area contributed by atoms with Crippen molar-refractivity contribution in [3.8, 4) is 0 Å². The van der Waals surface area contributed by atoms with Gasteiger partial charge >= 0.3 is 0 Å². The highest BCUT2D eigenvalue weighted by molar-refractivity contribution is 7.86. The van der Waals surface area contributed by atoms with Crippen LogP contribution in [0.3, 0.4) is 0 Å². The second-order valence-corrected chi connectivity index (χ2v) is 9.40. The van der Waals surface area contributed by atoms with E-state index in [2.05, 4.69) is 18.5 Å². The SMILES string of the molecule is C=CCN1CC[C@]2(CCC1=O)CN(S(=O)(=O)N1CCCC1)CCN2C. The Balaban J connectivity index is 1.78. The lowest BCUT2D eigenvalue weighted by Gasteiger charge is -2.49. The third-order valence-corrected chi connectivity index (χ3v) is 8.02. The Morgan fingerprint density at radius 3 is 2.48 bits per heavy atom. The lowest BCUT2D eigenvalue weighted by molar-refractivity contribution is -0.130. The molecule has 3 rings (SSSR count). The van der Waals surface area contributed by atoms with Crippen LogP contribution in [-0.2, 0) is 15.0 Å². The number of hydrogen-bond donors (Lipinski definition) is 0. The van der Waals surface area contributed by atoms with Crippen molar-refractivity contribution in [2.45, 2.75) is 37.6 Å². The molecule has 1 amide bonds. The predicted molar refractivity (Wildman–Crippen MR) is 97.3 cm³/mol. The summed E-state index contributed by atoms with van der Waals surface area (Å²) < 4.78 is 29.2. The van der Waals surface area contributed by atoms with Gasteiger partial charge in [0.25, 0.3) is 10.2 Å². The van der Waals surface area contributed by atoms with Crippen LogP contribution in [0.2, 0.25) is 0 Å². The van der Waals surface area contributed by atoms with Crippen molar-refractivity contribution in [1.29, 1.82) is 0 Å². The summed E-state index contributed by atoms with van der Waals surface area (Å²) in [5.41, 5.74) is -0.253. The first kappa shape index (κ1) is 18.8. The van der Waals surface area contributed by atoms with Crippen LogP contribution >= 0.6 is 0 Å². The molecule has 1 spiro atoms. The standard InChI is InChI=1S/C17H30N4O3S/c1-3-9-19-12-8-17(7-6-16(19)22)15-21(14-13-18(17)2)25(23,24)20-10-4-5-11-20/h3H,1,4-15H2,2H3/t17-/m1/s1. The van der Waals surface area contributed by atoms with Crippen molar-refractivity contribution >= 4 is 16.1 Å². The van der Waals surface area contributed by atoms with Crippen molar-refractivity contribution in [3.05, 3.63) is 12.7 Å². The van der Waals surface area contributed by atoms with Crippen LogP contribution in [0, 0.1) is 0 Å². The number of nitrogens with zero attached hydrogens (tertiary/aromatic N) is 4. The first-order chi connectivity index (χ1) is 11.9. The molecule has 0 aromatic carbocycles. The summed E-state index contributed by atoms with van der Waals surface area (Å²) >= 11 is 0. The summed E-state index contributed by atoms with van der Waals surface area (Å²) in [6.45, 7) is 7.94. The second kappa shape index (κ2) is 7.34. The van der Waals surface area contributed by atoms with Gasteiger partial charge < -0.3 is 4.90 Å². The molecule has 0 unspecified atom stereocenters. The van der Waals surface area contributed by atoms with Crippen LogP contribution in [0.15, 0.2) is 12.7 Å². The summed E-state index contributed by atoms with van der Waals surface area (Å²) in [4.78, 5) is 16.5. The third kappa shape index (κ3) is 3.63. The highest BCUT2D eigenvalue weighted by atomic mass is 32.2. The second-order valence-electron chi connectivity index (χ2n) is 7.47. The number of rotatable bonds is 4. The van der Waals surface area contributed by atoms with E-state index in [9.17, 15) is 13.2 Å². The summed E-state index contributed by atoms with van der Waals surface area (Å²) in [5, 5.41) is 0. The molecule has 1 atom stereocenters. The molecule has 3 heterocycles. The van der Waals surface area contributed by atoms with Crippen LogP contribution in [0.5, 0.6) is 0 Å². The van der Waals surface area contributed by atoms with Crippen LogP contribution in [0.4, 0.5) is 0 Å². The van der Waals surface area contributed by atoms with Gasteiger partial charge in [0.1, 0.15) is 0 Å². The van der Waals surface area contributed by atoms with Gasteiger partial charge in [-0.05, 0) is 32.7 Å². The fraction of sp³-hybridized carbons (Fsp3) is 0.824. The Hall–Kier alpha value is -0.960. The van der Waals surface area contributed by atoms with Gasteiger partial charge in [0, 0.05) is 57.8 Å². The van der Waals surface area contributed by atoms with Crippen molar-refractivity contribution in [2.75, 3.05) is 52.9 Å². The summed E-state index contributed by atoms with van der Waals surface area (Å²) in [6, 6.07) is 0. The average Bonchev–Trinajstić information content (AvgIpc) is 3.09. The highest BCUT2D eigenvalue weighted by Crippen LogP contribution is 2.34. The number of likely N-dealkylation sites (N-methyl/N-ethyl adjacent to an activating group) is 1. The smallest absolute Gasteiger partial charge is 0.282 e. The minimum Gasteiger partial charge on any atom is -0.339 e. The lowest BCUT2D eigenvalue weighted by Crippen LogP contribution is -2.63. The maximum absolute atomic E-state index is 13.0. The lowest BCUT2D eigenvalue weighted by atomic mass is 9.87. The molecule has 7 nitrogen and oxygen atoms in total. The van der Waals surface area contributed by atoms with Crippen molar-refractivity contribution in [1.82, 2.24) is 18.4 Å². The first-order valence-corrected chi connectivity index (χ1v) is 10.6. The maximum Gasteiger partial charge on any atom is 0.282 e. The molecule has 0 saturated carbocycles. The van der Waals surface area contributed by atoms with E-state index in [0.29, 0.717) is 58.7 Å². The Bertz CT molecular complexity index is 617. The normalized spacial score (nSPS) is 30.8. The first-order valence-electron chi connectivity index (χ1n) is 9.24. The molecule has 0 N–H and O–H groups in total. The Labute approximate surface area is 151 Å². The van der Waals surface area contributed by atoms with E-state index < -0.39 is 10.2 Å². The van der Waals surface area contributed by atoms with Crippen molar-refractivity contribution in [2.24, 2.45) is 0 Å². The van der Waals surface area contributed by atoms with Crippen molar-refractivity contribution in [3.63, 3.8) is 0 Å². The minimum atomic E-state index is -3.38. The molecule has 0 aromatic rings. The predicted octanol–water partition coefficient (Wildman–Crippen LogP) is 0.512. The van der Waals surface area contributed by atoms with Gasteiger partial charge in [0.05, 0.1) is 0 Å². The Morgan fingerprint density at radius 1 is 1.08 bits per heavy atom. The molecule has 25 heavy (non-hydrogen) atoms. The molecular weight excluding hydrogens is 340 g/mol. The molecule has 0 aliphatic carbocycles. The van der Waals surface area contributed by atoms with E-state index in [0.717, 1.165) is 19.3 Å². The van der Waals surface area contributed by atoms with Gasteiger partial charge in [-0.1, -0.05) is 6.08 Å². The van der Waals surface area contributed by atoms with E-state index in [-0.39, 0.29) is 11.4 Å². The molecule has 8 heteroatoms. The zero-order valence-electron chi connectivity index (χ0n) is 15.2. The fourth-order valence-electron chi connectivity index (χ4n) is 4.29. The van der Waals surface area contributed by atoms with Gasteiger partial charge in [-0.3, -0.25) is 9.69 Å². The number of amides is 1. The monoisotopic (exact) mass is 370 g/mol. The number of piperazine rings is 1. The maximum atomic E-state index is 13.0. The fourth-order valence-corrected chi connectivity index (χ4v) is 6.05. The molecule has 142 valence electrons. The van der Waals surface area contributed by atoms with Gasteiger partial charge in [0.15, 0.2) is 0 Å². The summed E-state index contributed by atoms with van der Waals surface area (Å²) in [7, 11) is -1.32. The molecule has 3 aliphatic heterocycles. The van der Waals surface area contributed by atoms with Crippen LogP contribution in [-0.4, -0.2) is 91.1 Å². The molecule has 0 aromatic heterocycles. The molecular formula is C17H30N4O3S.